The van der Waals surface area contributed by atoms with Crippen LogP contribution in [0.4, 0.5) is 19.2 Å². The first-order chi connectivity index (χ1) is 13.8. The summed E-state index contributed by atoms with van der Waals surface area (Å²) in [7, 11) is 1.17. The smallest absolute Gasteiger partial charge is 0.451 e. The molecule has 156 valence electrons. The van der Waals surface area contributed by atoms with Crippen molar-refractivity contribution in [3.05, 3.63) is 12.0 Å². The van der Waals surface area contributed by atoms with Gasteiger partial charge in [-0.25, -0.2) is 4.98 Å². The highest BCUT2D eigenvalue weighted by Crippen LogP contribution is 2.53. The minimum Gasteiger partial charge on any atom is -0.480 e. The molecule has 0 aromatic carbocycles. The Morgan fingerprint density at radius 1 is 1.28 bits per heavy atom. The molecule has 2 aromatic rings. The number of ether oxygens (including phenoxy) is 1. The van der Waals surface area contributed by atoms with Gasteiger partial charge < -0.3 is 19.4 Å². The standard InChI is InChI=1S/C17H19F3N6O3/c1-28-12-10(8-21-14(23-12)17(18,19)20)13-24-25-15(29-13)22-9-11(27)26-6-4-16(2-3-16)5-7-26/h8H,2-7,9H2,1H3,(H,22,25). The van der Waals surface area contributed by atoms with Gasteiger partial charge in [-0.15, -0.1) is 5.10 Å². The fraction of sp³-hybridized carbons (Fsp3) is 0.588. The summed E-state index contributed by atoms with van der Waals surface area (Å²) in [6.45, 7) is 1.47. The molecule has 12 heteroatoms. The zero-order valence-electron chi connectivity index (χ0n) is 15.6. The van der Waals surface area contributed by atoms with Gasteiger partial charge in [0.1, 0.15) is 5.56 Å². The van der Waals surface area contributed by atoms with Gasteiger partial charge in [-0.3, -0.25) is 4.79 Å². The fourth-order valence-electron chi connectivity index (χ4n) is 3.38. The highest BCUT2D eigenvalue weighted by Gasteiger charge is 2.45. The van der Waals surface area contributed by atoms with E-state index in [0.717, 1.165) is 32.1 Å². The maximum Gasteiger partial charge on any atom is 0.451 e. The van der Waals surface area contributed by atoms with Gasteiger partial charge in [0.15, 0.2) is 0 Å². The molecule has 1 aliphatic carbocycles. The van der Waals surface area contributed by atoms with Crippen molar-refractivity contribution in [3.8, 4) is 17.3 Å². The SMILES string of the molecule is COc1nc(C(F)(F)F)ncc1-c1nnc(NCC(=O)N2CCC3(CC2)CC3)o1. The molecule has 1 spiro atoms. The second-order valence-corrected chi connectivity index (χ2v) is 7.26. The molecular weight excluding hydrogens is 393 g/mol. The first kappa shape index (κ1) is 19.4. The van der Waals surface area contributed by atoms with Crippen LogP contribution in [0.1, 0.15) is 31.5 Å². The minimum atomic E-state index is -4.71. The third kappa shape index (κ3) is 4.10. The molecule has 1 saturated heterocycles. The van der Waals surface area contributed by atoms with E-state index >= 15 is 0 Å². The molecule has 0 unspecified atom stereocenters. The van der Waals surface area contributed by atoms with E-state index in [1.807, 2.05) is 0 Å². The predicted molar refractivity (Wildman–Crippen MR) is 92.8 cm³/mol. The Hall–Kier alpha value is -2.92. The Morgan fingerprint density at radius 3 is 2.62 bits per heavy atom. The molecule has 4 rings (SSSR count). The van der Waals surface area contributed by atoms with Crippen molar-refractivity contribution in [2.45, 2.75) is 31.9 Å². The van der Waals surface area contributed by atoms with Gasteiger partial charge in [0, 0.05) is 19.3 Å². The Kier molecular flexibility index (Phi) is 4.79. The Balaban J connectivity index is 1.39. The molecule has 29 heavy (non-hydrogen) atoms. The zero-order chi connectivity index (χ0) is 20.6. The molecule has 1 saturated carbocycles. The number of halogens is 3. The van der Waals surface area contributed by atoms with Gasteiger partial charge in [-0.1, -0.05) is 5.10 Å². The van der Waals surface area contributed by atoms with Gasteiger partial charge in [0.25, 0.3) is 5.89 Å². The molecule has 0 radical (unpaired) electrons. The number of nitrogens with zero attached hydrogens (tertiary/aromatic N) is 5. The quantitative estimate of drug-likeness (QED) is 0.798. The van der Waals surface area contributed by atoms with Crippen LogP contribution in [-0.4, -0.2) is 57.7 Å². The van der Waals surface area contributed by atoms with E-state index in [2.05, 4.69) is 25.5 Å². The maximum absolute atomic E-state index is 12.7. The van der Waals surface area contributed by atoms with Crippen molar-refractivity contribution < 1.29 is 27.1 Å². The lowest BCUT2D eigenvalue weighted by molar-refractivity contribution is -0.145. The normalized spacial score (nSPS) is 18.0. The Morgan fingerprint density at radius 2 is 2.00 bits per heavy atom. The van der Waals surface area contributed by atoms with E-state index < -0.39 is 12.0 Å². The van der Waals surface area contributed by atoms with Gasteiger partial charge >= 0.3 is 12.2 Å². The topological polar surface area (TPSA) is 106 Å². The second-order valence-electron chi connectivity index (χ2n) is 7.26. The van der Waals surface area contributed by atoms with Crippen molar-refractivity contribution in [2.24, 2.45) is 5.41 Å². The van der Waals surface area contributed by atoms with E-state index in [-0.39, 0.29) is 35.8 Å². The molecule has 0 atom stereocenters. The average molecular weight is 412 g/mol. The molecule has 1 aliphatic heterocycles. The van der Waals surface area contributed by atoms with E-state index in [1.165, 1.54) is 20.0 Å². The summed E-state index contributed by atoms with van der Waals surface area (Å²) in [4.78, 5) is 20.7. The van der Waals surface area contributed by atoms with Gasteiger partial charge in [-0.2, -0.15) is 18.2 Å². The molecule has 9 nitrogen and oxygen atoms in total. The number of amides is 1. The molecule has 2 aliphatic rings. The van der Waals surface area contributed by atoms with Crippen LogP contribution >= 0.6 is 0 Å². The lowest BCUT2D eigenvalue weighted by atomic mass is 9.94. The van der Waals surface area contributed by atoms with E-state index in [9.17, 15) is 18.0 Å². The van der Waals surface area contributed by atoms with Crippen molar-refractivity contribution in [2.75, 3.05) is 32.1 Å². The maximum atomic E-state index is 12.7. The van der Waals surface area contributed by atoms with Crippen molar-refractivity contribution in [1.82, 2.24) is 25.1 Å². The zero-order valence-corrected chi connectivity index (χ0v) is 15.6. The number of methoxy groups -OCH3 is 1. The van der Waals surface area contributed by atoms with Crippen LogP contribution in [-0.2, 0) is 11.0 Å². The monoisotopic (exact) mass is 412 g/mol. The number of nitrogens with one attached hydrogen (secondary N) is 1. The first-order valence-electron chi connectivity index (χ1n) is 9.13. The summed E-state index contributed by atoms with van der Waals surface area (Å²) in [5, 5.41) is 10.3. The summed E-state index contributed by atoms with van der Waals surface area (Å²) in [6.07, 6.45) is 0.790. The fourth-order valence-corrected chi connectivity index (χ4v) is 3.38. The molecule has 3 heterocycles. The molecule has 0 bridgehead atoms. The van der Waals surface area contributed by atoms with Crippen LogP contribution in [0.5, 0.6) is 5.88 Å². The lowest BCUT2D eigenvalue weighted by Gasteiger charge is -2.32. The number of hydrogen-bond acceptors (Lipinski definition) is 8. The van der Waals surface area contributed by atoms with E-state index in [4.69, 9.17) is 9.15 Å². The number of anilines is 1. The third-order valence-corrected chi connectivity index (χ3v) is 5.38. The summed E-state index contributed by atoms with van der Waals surface area (Å²) < 4.78 is 48.5. The van der Waals surface area contributed by atoms with Crippen molar-refractivity contribution >= 4 is 11.9 Å². The average Bonchev–Trinajstić information content (AvgIpc) is 3.28. The highest BCUT2D eigenvalue weighted by molar-refractivity contribution is 5.80. The second kappa shape index (κ2) is 7.16. The number of rotatable bonds is 5. The number of piperidine rings is 1. The molecule has 2 fully saturated rings. The summed E-state index contributed by atoms with van der Waals surface area (Å²) in [5.41, 5.74) is 0.493. The largest absolute Gasteiger partial charge is 0.480 e. The number of alkyl halides is 3. The number of likely N-dealkylation sites (tertiary alicyclic amines) is 1. The molecule has 1 N–H and O–H groups in total. The molecule has 1 amide bonds. The first-order valence-corrected chi connectivity index (χ1v) is 9.13. The number of aromatic nitrogens is 4. The number of carbonyl (C=O) groups excluding carboxylic acids is 1. The van der Waals surface area contributed by atoms with Crippen LogP contribution in [0, 0.1) is 5.41 Å². The van der Waals surface area contributed by atoms with Gasteiger partial charge in [0.2, 0.25) is 17.6 Å². The third-order valence-electron chi connectivity index (χ3n) is 5.38. The molecular formula is C17H19F3N6O3. The summed E-state index contributed by atoms with van der Waals surface area (Å²) in [5.74, 6) is -1.88. The van der Waals surface area contributed by atoms with Crippen molar-refractivity contribution in [1.29, 1.82) is 0 Å². The van der Waals surface area contributed by atoms with Crippen LogP contribution in [0.2, 0.25) is 0 Å². The molecule has 2 aromatic heterocycles. The Labute approximate surface area is 163 Å². The van der Waals surface area contributed by atoms with E-state index in [1.54, 1.807) is 4.90 Å². The van der Waals surface area contributed by atoms with E-state index in [0.29, 0.717) is 5.41 Å². The Bertz CT molecular complexity index is 902. The van der Waals surface area contributed by atoms with Gasteiger partial charge in [-0.05, 0) is 31.1 Å². The predicted octanol–water partition coefficient (Wildman–Crippen LogP) is 2.37. The van der Waals surface area contributed by atoms with Gasteiger partial charge in [0.05, 0.1) is 13.7 Å². The summed E-state index contributed by atoms with van der Waals surface area (Å²) >= 11 is 0. The van der Waals surface area contributed by atoms with Crippen LogP contribution in [0.15, 0.2) is 10.6 Å². The van der Waals surface area contributed by atoms with Crippen LogP contribution < -0.4 is 10.1 Å². The van der Waals surface area contributed by atoms with Crippen molar-refractivity contribution in [3.63, 3.8) is 0 Å². The summed E-state index contributed by atoms with van der Waals surface area (Å²) in [6, 6.07) is -0.0361. The van der Waals surface area contributed by atoms with Crippen LogP contribution in [0.25, 0.3) is 11.5 Å². The highest BCUT2D eigenvalue weighted by atomic mass is 19.4. The number of hydrogen-bond donors (Lipinski definition) is 1. The van der Waals surface area contributed by atoms with Crippen LogP contribution in [0.3, 0.4) is 0 Å². The number of carbonyl (C=O) groups is 1. The minimum absolute atomic E-state index is 0.0122. The lowest BCUT2D eigenvalue weighted by Crippen LogP contribution is -2.41.